The van der Waals surface area contributed by atoms with Gasteiger partial charge < -0.3 is 14.5 Å². The molecule has 0 aliphatic carbocycles. The zero-order valence-electron chi connectivity index (χ0n) is 17.7. The van der Waals surface area contributed by atoms with Crippen LogP contribution in [0.2, 0.25) is 5.02 Å². The van der Waals surface area contributed by atoms with Gasteiger partial charge >= 0.3 is 5.97 Å². The number of furan rings is 1. The second-order valence-electron chi connectivity index (χ2n) is 7.65. The molecule has 172 valence electrons. The maximum Gasteiger partial charge on any atom is 0.338 e. The van der Waals surface area contributed by atoms with E-state index in [0.717, 1.165) is 10.5 Å². The minimum Gasteiger partial charge on any atom is -0.467 e. The van der Waals surface area contributed by atoms with Crippen molar-refractivity contribution >= 4 is 52.5 Å². The van der Waals surface area contributed by atoms with Crippen LogP contribution in [-0.2, 0) is 14.3 Å². The van der Waals surface area contributed by atoms with E-state index in [2.05, 4.69) is 10.4 Å². The number of rotatable bonds is 5. The molecule has 1 N–H and O–H groups in total. The molecule has 0 unspecified atom stereocenters. The highest BCUT2D eigenvalue weighted by Gasteiger charge is 2.35. The van der Waals surface area contributed by atoms with Gasteiger partial charge in [0.2, 0.25) is 5.91 Å². The first-order chi connectivity index (χ1) is 16.5. The van der Waals surface area contributed by atoms with Crippen molar-refractivity contribution in [2.45, 2.75) is 17.4 Å². The van der Waals surface area contributed by atoms with Gasteiger partial charge in [0.25, 0.3) is 5.91 Å². The van der Waals surface area contributed by atoms with Crippen molar-refractivity contribution in [2.75, 3.05) is 17.7 Å². The predicted octanol–water partition coefficient (Wildman–Crippen LogP) is 4.51. The Kier molecular flexibility index (Phi) is 6.12. The van der Waals surface area contributed by atoms with E-state index in [0.29, 0.717) is 34.4 Å². The van der Waals surface area contributed by atoms with Gasteiger partial charge in [-0.2, -0.15) is 5.10 Å². The van der Waals surface area contributed by atoms with Crippen molar-refractivity contribution in [1.82, 2.24) is 5.01 Å². The molecule has 0 radical (unpaired) electrons. The number of hydrogen-bond acceptors (Lipinski definition) is 7. The van der Waals surface area contributed by atoms with E-state index in [1.165, 1.54) is 23.0 Å². The van der Waals surface area contributed by atoms with E-state index in [4.69, 9.17) is 20.8 Å². The fourth-order valence-corrected chi connectivity index (χ4v) is 4.66. The minimum atomic E-state index is -0.670. The van der Waals surface area contributed by atoms with Crippen LogP contribution in [0.4, 0.5) is 5.69 Å². The molecule has 0 fully saturated rings. The van der Waals surface area contributed by atoms with Gasteiger partial charge in [0.1, 0.15) is 11.8 Å². The Morgan fingerprint density at radius 1 is 1.21 bits per heavy atom. The van der Waals surface area contributed by atoms with Crippen LogP contribution in [0.25, 0.3) is 0 Å². The van der Waals surface area contributed by atoms with Crippen molar-refractivity contribution in [3.8, 4) is 0 Å². The van der Waals surface area contributed by atoms with Crippen LogP contribution in [0, 0.1) is 0 Å². The number of hydrazone groups is 1. The molecule has 8 nitrogen and oxygen atoms in total. The number of nitrogens with zero attached hydrogens (tertiary/aromatic N) is 2. The van der Waals surface area contributed by atoms with E-state index in [1.54, 1.807) is 42.5 Å². The Balaban J connectivity index is 1.31. The number of fused-ring (bicyclic) bond motifs is 1. The molecule has 2 amide bonds. The topological polar surface area (TPSA) is 101 Å². The predicted molar refractivity (Wildman–Crippen MR) is 127 cm³/mol. The first-order valence-electron chi connectivity index (χ1n) is 10.4. The van der Waals surface area contributed by atoms with E-state index < -0.39 is 24.5 Å². The van der Waals surface area contributed by atoms with Crippen molar-refractivity contribution < 1.29 is 23.5 Å². The average molecular weight is 496 g/mol. The highest BCUT2D eigenvalue weighted by atomic mass is 35.5. The number of carbonyl (C=O) groups excluding carboxylic acids is 3. The van der Waals surface area contributed by atoms with Crippen LogP contribution >= 0.6 is 23.4 Å². The van der Waals surface area contributed by atoms with Gasteiger partial charge in [-0.15, -0.1) is 11.8 Å². The van der Waals surface area contributed by atoms with E-state index >= 15 is 0 Å². The summed E-state index contributed by atoms with van der Waals surface area (Å²) in [5.41, 5.74) is 2.32. The van der Waals surface area contributed by atoms with E-state index in [-0.39, 0.29) is 11.5 Å². The largest absolute Gasteiger partial charge is 0.467 e. The minimum absolute atomic E-state index is 0.134. The molecule has 2 aliphatic heterocycles. The highest BCUT2D eigenvalue weighted by molar-refractivity contribution is 8.00. The summed E-state index contributed by atoms with van der Waals surface area (Å²) in [7, 11) is 0. The second-order valence-corrected chi connectivity index (χ2v) is 9.10. The molecular weight excluding hydrogens is 478 g/mol. The summed E-state index contributed by atoms with van der Waals surface area (Å²) >= 11 is 7.38. The number of nitrogens with one attached hydrogen (secondary N) is 1. The van der Waals surface area contributed by atoms with Gasteiger partial charge in [-0.05, 0) is 48.0 Å². The Hall–Kier alpha value is -3.56. The Labute approximate surface area is 203 Å². The molecule has 3 aromatic rings. The summed E-state index contributed by atoms with van der Waals surface area (Å²) < 4.78 is 10.8. The Bertz CT molecular complexity index is 1290. The zero-order chi connectivity index (χ0) is 23.7. The monoisotopic (exact) mass is 495 g/mol. The number of ether oxygens (including phenoxy) is 1. The van der Waals surface area contributed by atoms with E-state index in [1.807, 2.05) is 12.1 Å². The summed E-state index contributed by atoms with van der Waals surface area (Å²) in [6.07, 6.45) is 1.97. The second kappa shape index (κ2) is 9.36. The molecule has 0 bridgehead atoms. The molecular formula is C24H18ClN3O5S. The molecule has 5 rings (SSSR count). The third kappa shape index (κ3) is 4.57. The lowest BCUT2D eigenvalue weighted by Crippen LogP contribution is -2.31. The fraction of sp³-hybridized carbons (Fsp3) is 0.167. The number of carbonyl (C=O) groups is 3. The molecule has 1 atom stereocenters. The fourth-order valence-electron chi connectivity index (χ4n) is 3.75. The van der Waals surface area contributed by atoms with E-state index in [9.17, 15) is 14.4 Å². The first kappa shape index (κ1) is 22.2. The highest BCUT2D eigenvalue weighted by Crippen LogP contribution is 2.34. The summed E-state index contributed by atoms with van der Waals surface area (Å²) in [6.45, 7) is -0.494. The normalized spacial score (nSPS) is 17.1. The van der Waals surface area contributed by atoms with Crippen LogP contribution in [-0.4, -0.2) is 40.9 Å². The molecule has 10 heteroatoms. The van der Waals surface area contributed by atoms with Gasteiger partial charge in [0.05, 0.1) is 29.0 Å². The third-order valence-electron chi connectivity index (χ3n) is 5.39. The average Bonchev–Trinajstić information content (AvgIpc) is 3.52. The summed E-state index contributed by atoms with van der Waals surface area (Å²) in [6, 6.07) is 15.1. The number of amides is 2. The number of esters is 1. The van der Waals surface area contributed by atoms with Crippen molar-refractivity contribution in [3.63, 3.8) is 0 Å². The quantitative estimate of drug-likeness (QED) is 0.522. The Morgan fingerprint density at radius 2 is 2.03 bits per heavy atom. The lowest BCUT2D eigenvalue weighted by molar-refractivity contribution is -0.136. The Morgan fingerprint density at radius 3 is 2.79 bits per heavy atom. The van der Waals surface area contributed by atoms with Gasteiger partial charge in [-0.1, -0.05) is 23.7 Å². The number of anilines is 1. The van der Waals surface area contributed by atoms with Gasteiger partial charge in [-0.25, -0.2) is 9.80 Å². The standard InChI is InChI=1S/C24H18ClN3O5S/c25-16-6-3-14(4-7-16)17-11-19(20-2-1-9-32-20)28(27-17)23(30)12-33-24(31)15-5-8-21-18(10-15)26-22(29)13-34-21/h1-10,19H,11-13H2,(H,26,29)/t19-/m1/s1. The van der Waals surface area contributed by atoms with Crippen LogP contribution in [0.1, 0.15) is 34.1 Å². The molecule has 2 aliphatic rings. The van der Waals surface area contributed by atoms with Gasteiger partial charge in [0.15, 0.2) is 6.61 Å². The van der Waals surface area contributed by atoms with Crippen molar-refractivity contribution in [1.29, 1.82) is 0 Å². The molecule has 1 aromatic heterocycles. The van der Waals surface area contributed by atoms with Crippen molar-refractivity contribution in [2.24, 2.45) is 5.10 Å². The molecule has 3 heterocycles. The molecule has 0 saturated heterocycles. The van der Waals surface area contributed by atoms with Crippen LogP contribution in [0.15, 0.2) is 75.3 Å². The maximum absolute atomic E-state index is 13.0. The first-order valence-corrected chi connectivity index (χ1v) is 11.8. The SMILES string of the molecule is O=C1CSc2ccc(C(=O)OCC(=O)N3N=C(c4ccc(Cl)cc4)C[C@@H]3c3ccco3)cc2N1. The molecule has 2 aromatic carbocycles. The van der Waals surface area contributed by atoms with Crippen LogP contribution < -0.4 is 5.32 Å². The molecule has 0 spiro atoms. The summed E-state index contributed by atoms with van der Waals surface area (Å²) in [5.74, 6) is -0.380. The van der Waals surface area contributed by atoms with Crippen molar-refractivity contribution in [3.05, 3.63) is 82.8 Å². The maximum atomic E-state index is 13.0. The van der Waals surface area contributed by atoms with Gasteiger partial charge in [0, 0.05) is 16.3 Å². The number of halogens is 1. The summed E-state index contributed by atoms with van der Waals surface area (Å²) in [4.78, 5) is 38.1. The molecule has 34 heavy (non-hydrogen) atoms. The number of hydrogen-bond donors (Lipinski definition) is 1. The lowest BCUT2D eigenvalue weighted by atomic mass is 10.0. The van der Waals surface area contributed by atoms with Crippen LogP contribution in [0.5, 0.6) is 0 Å². The third-order valence-corrected chi connectivity index (χ3v) is 6.72. The lowest BCUT2D eigenvalue weighted by Gasteiger charge is -2.20. The molecule has 0 saturated carbocycles. The zero-order valence-corrected chi connectivity index (χ0v) is 19.3. The smallest absolute Gasteiger partial charge is 0.338 e. The summed E-state index contributed by atoms with van der Waals surface area (Å²) in [5, 5.41) is 9.12. The number of benzene rings is 2. The van der Waals surface area contributed by atoms with Crippen LogP contribution in [0.3, 0.4) is 0 Å². The number of thioether (sulfide) groups is 1. The van der Waals surface area contributed by atoms with Gasteiger partial charge in [-0.3, -0.25) is 9.59 Å².